The van der Waals surface area contributed by atoms with Gasteiger partial charge < -0.3 is 11.1 Å². The maximum atomic E-state index is 12.1. The van der Waals surface area contributed by atoms with Crippen LogP contribution in [0.15, 0.2) is 24.4 Å². The number of pyridine rings is 1. The van der Waals surface area contributed by atoms with Crippen LogP contribution in [0.25, 0.3) is 0 Å². The van der Waals surface area contributed by atoms with E-state index in [4.69, 9.17) is 5.73 Å². The molecule has 4 nitrogen and oxygen atoms in total. The van der Waals surface area contributed by atoms with Crippen LogP contribution in [0.4, 0.5) is 5.82 Å². The van der Waals surface area contributed by atoms with Crippen molar-refractivity contribution in [2.75, 3.05) is 11.9 Å². The van der Waals surface area contributed by atoms with Crippen LogP contribution in [-0.2, 0) is 4.79 Å². The highest BCUT2D eigenvalue weighted by molar-refractivity contribution is 5.91. The predicted octanol–water partition coefficient (Wildman–Crippen LogP) is 1.79. The van der Waals surface area contributed by atoms with Crippen LogP contribution in [0, 0.1) is 11.8 Å². The van der Waals surface area contributed by atoms with Crippen molar-refractivity contribution in [3.8, 4) is 0 Å². The molecule has 3 N–H and O–H groups in total. The SMILES string of the molecule is NCC1CCCCC1C(=O)Nc1ccccn1. The zero-order valence-corrected chi connectivity index (χ0v) is 9.93. The Hall–Kier alpha value is -1.42. The lowest BCUT2D eigenvalue weighted by Crippen LogP contribution is -2.35. The van der Waals surface area contributed by atoms with Crippen molar-refractivity contribution in [1.82, 2.24) is 4.98 Å². The third kappa shape index (κ3) is 3.03. The van der Waals surface area contributed by atoms with Crippen molar-refractivity contribution in [2.45, 2.75) is 25.7 Å². The maximum Gasteiger partial charge on any atom is 0.228 e. The molecule has 1 aliphatic rings. The standard InChI is InChI=1S/C13H19N3O/c14-9-10-5-1-2-6-11(10)13(17)16-12-7-3-4-8-15-12/h3-4,7-8,10-11H,1-2,5-6,9,14H2,(H,15,16,17). The number of nitrogens with zero attached hydrogens (tertiary/aromatic N) is 1. The van der Waals surface area contributed by atoms with E-state index < -0.39 is 0 Å². The van der Waals surface area contributed by atoms with Crippen molar-refractivity contribution < 1.29 is 4.79 Å². The number of carbonyl (C=O) groups excluding carboxylic acids is 1. The highest BCUT2D eigenvalue weighted by Gasteiger charge is 2.29. The van der Waals surface area contributed by atoms with E-state index in [1.165, 1.54) is 6.42 Å². The molecule has 0 radical (unpaired) electrons. The number of amides is 1. The van der Waals surface area contributed by atoms with Gasteiger partial charge in [0.1, 0.15) is 5.82 Å². The van der Waals surface area contributed by atoms with E-state index in [2.05, 4.69) is 10.3 Å². The molecule has 1 aromatic rings. The third-order valence-corrected chi connectivity index (χ3v) is 3.46. The number of hydrogen-bond donors (Lipinski definition) is 2. The number of nitrogens with one attached hydrogen (secondary N) is 1. The Bertz CT molecular complexity index is 366. The van der Waals surface area contributed by atoms with Gasteiger partial charge in [-0.3, -0.25) is 4.79 Å². The molecular weight excluding hydrogens is 214 g/mol. The fraction of sp³-hybridized carbons (Fsp3) is 0.538. The summed E-state index contributed by atoms with van der Waals surface area (Å²) < 4.78 is 0. The lowest BCUT2D eigenvalue weighted by Gasteiger charge is -2.29. The zero-order valence-electron chi connectivity index (χ0n) is 9.93. The average Bonchev–Trinajstić information content (AvgIpc) is 2.40. The molecular formula is C13H19N3O. The van der Waals surface area contributed by atoms with E-state index in [-0.39, 0.29) is 11.8 Å². The summed E-state index contributed by atoms with van der Waals surface area (Å²) in [4.78, 5) is 16.2. The third-order valence-electron chi connectivity index (χ3n) is 3.46. The molecule has 1 aliphatic carbocycles. The van der Waals surface area contributed by atoms with Gasteiger partial charge >= 0.3 is 0 Å². The molecule has 17 heavy (non-hydrogen) atoms. The quantitative estimate of drug-likeness (QED) is 0.836. The highest BCUT2D eigenvalue weighted by atomic mass is 16.1. The van der Waals surface area contributed by atoms with Crippen LogP contribution < -0.4 is 11.1 Å². The van der Waals surface area contributed by atoms with Crippen LogP contribution in [0.3, 0.4) is 0 Å². The molecule has 2 unspecified atom stereocenters. The van der Waals surface area contributed by atoms with E-state index in [9.17, 15) is 4.79 Å². The minimum absolute atomic E-state index is 0.0516. The lowest BCUT2D eigenvalue weighted by atomic mass is 9.79. The smallest absolute Gasteiger partial charge is 0.228 e. The summed E-state index contributed by atoms with van der Waals surface area (Å²) in [5, 5.41) is 2.87. The van der Waals surface area contributed by atoms with Gasteiger partial charge in [0.05, 0.1) is 0 Å². The Labute approximate surface area is 102 Å². The largest absolute Gasteiger partial charge is 0.330 e. The fourth-order valence-electron chi connectivity index (χ4n) is 2.49. The van der Waals surface area contributed by atoms with Crippen molar-refractivity contribution in [2.24, 2.45) is 17.6 Å². The molecule has 0 aromatic carbocycles. The van der Waals surface area contributed by atoms with Gasteiger partial charge in [0.25, 0.3) is 0 Å². The normalized spacial score (nSPS) is 24.3. The second-order valence-electron chi connectivity index (χ2n) is 4.59. The number of rotatable bonds is 3. The molecule has 1 heterocycles. The van der Waals surface area contributed by atoms with Gasteiger partial charge in [-0.15, -0.1) is 0 Å². The summed E-state index contributed by atoms with van der Waals surface area (Å²) in [5.41, 5.74) is 5.73. The maximum absolute atomic E-state index is 12.1. The first-order chi connectivity index (χ1) is 8.31. The van der Waals surface area contributed by atoms with Gasteiger partial charge in [0.2, 0.25) is 5.91 Å². The van der Waals surface area contributed by atoms with E-state index in [0.717, 1.165) is 19.3 Å². The van der Waals surface area contributed by atoms with Crippen molar-refractivity contribution in [1.29, 1.82) is 0 Å². The molecule has 1 fully saturated rings. The van der Waals surface area contributed by atoms with Crippen LogP contribution in [-0.4, -0.2) is 17.4 Å². The molecule has 1 saturated carbocycles. The number of carbonyl (C=O) groups is 1. The molecule has 2 atom stereocenters. The van der Waals surface area contributed by atoms with Crippen LogP contribution in [0.5, 0.6) is 0 Å². The molecule has 0 saturated heterocycles. The minimum atomic E-state index is 0.0516. The summed E-state index contributed by atoms with van der Waals surface area (Å²) in [6.45, 7) is 0.598. The van der Waals surface area contributed by atoms with Gasteiger partial charge in [-0.25, -0.2) is 4.98 Å². The second kappa shape index (κ2) is 5.77. The predicted molar refractivity (Wildman–Crippen MR) is 67.4 cm³/mol. The number of nitrogens with two attached hydrogens (primary N) is 1. The Morgan fingerprint density at radius 3 is 2.94 bits per heavy atom. The lowest BCUT2D eigenvalue weighted by molar-refractivity contribution is -0.122. The molecule has 1 amide bonds. The monoisotopic (exact) mass is 233 g/mol. The van der Waals surface area contributed by atoms with Crippen LogP contribution >= 0.6 is 0 Å². The number of aromatic nitrogens is 1. The molecule has 0 bridgehead atoms. The second-order valence-corrected chi connectivity index (χ2v) is 4.59. The molecule has 1 aromatic heterocycles. The van der Waals surface area contributed by atoms with Gasteiger partial charge in [-0.2, -0.15) is 0 Å². The fourth-order valence-corrected chi connectivity index (χ4v) is 2.49. The first-order valence-corrected chi connectivity index (χ1v) is 6.23. The first-order valence-electron chi connectivity index (χ1n) is 6.23. The average molecular weight is 233 g/mol. The van der Waals surface area contributed by atoms with Gasteiger partial charge in [0.15, 0.2) is 0 Å². The highest BCUT2D eigenvalue weighted by Crippen LogP contribution is 2.30. The molecule has 92 valence electrons. The Morgan fingerprint density at radius 2 is 2.24 bits per heavy atom. The Morgan fingerprint density at radius 1 is 1.41 bits per heavy atom. The Balaban J connectivity index is 1.99. The van der Waals surface area contributed by atoms with Gasteiger partial charge in [0, 0.05) is 12.1 Å². The van der Waals surface area contributed by atoms with Crippen LogP contribution in [0.1, 0.15) is 25.7 Å². The van der Waals surface area contributed by atoms with E-state index >= 15 is 0 Å². The van der Waals surface area contributed by atoms with Crippen LogP contribution in [0.2, 0.25) is 0 Å². The summed E-state index contributed by atoms with van der Waals surface area (Å²) in [6, 6.07) is 5.50. The minimum Gasteiger partial charge on any atom is -0.330 e. The van der Waals surface area contributed by atoms with Crippen molar-refractivity contribution >= 4 is 11.7 Å². The van der Waals surface area contributed by atoms with E-state index in [1.807, 2.05) is 12.1 Å². The van der Waals surface area contributed by atoms with E-state index in [0.29, 0.717) is 18.3 Å². The summed E-state index contributed by atoms with van der Waals surface area (Å²) in [6.07, 6.45) is 6.00. The first kappa shape index (κ1) is 12.0. The summed E-state index contributed by atoms with van der Waals surface area (Å²) in [5.74, 6) is 1.07. The summed E-state index contributed by atoms with van der Waals surface area (Å²) >= 11 is 0. The van der Waals surface area contributed by atoms with Gasteiger partial charge in [-0.1, -0.05) is 18.9 Å². The molecule has 4 heteroatoms. The molecule has 0 aliphatic heterocycles. The van der Waals surface area contributed by atoms with Crippen molar-refractivity contribution in [3.63, 3.8) is 0 Å². The summed E-state index contributed by atoms with van der Waals surface area (Å²) in [7, 11) is 0. The topological polar surface area (TPSA) is 68.0 Å². The van der Waals surface area contributed by atoms with Gasteiger partial charge in [-0.05, 0) is 37.4 Å². The molecule has 0 spiro atoms. The van der Waals surface area contributed by atoms with E-state index in [1.54, 1.807) is 12.3 Å². The zero-order chi connectivity index (χ0) is 12.1. The Kier molecular flexibility index (Phi) is 4.09. The number of hydrogen-bond acceptors (Lipinski definition) is 3. The van der Waals surface area contributed by atoms with Crippen molar-refractivity contribution in [3.05, 3.63) is 24.4 Å². The molecule has 2 rings (SSSR count). The number of anilines is 1.